The molecule has 0 aliphatic heterocycles. The predicted molar refractivity (Wildman–Crippen MR) is 74.6 cm³/mol. The van der Waals surface area contributed by atoms with Gasteiger partial charge < -0.3 is 5.32 Å². The normalized spacial score (nSPS) is 10.8. The summed E-state index contributed by atoms with van der Waals surface area (Å²) in [6.45, 7) is 5.17. The van der Waals surface area contributed by atoms with Crippen LogP contribution < -0.4 is 5.32 Å². The van der Waals surface area contributed by atoms with Crippen LogP contribution in [0.25, 0.3) is 0 Å². The highest BCUT2D eigenvalue weighted by molar-refractivity contribution is 7.99. The van der Waals surface area contributed by atoms with Gasteiger partial charge in [0.05, 0.1) is 0 Å². The van der Waals surface area contributed by atoms with Crippen molar-refractivity contribution >= 4 is 11.8 Å². The van der Waals surface area contributed by atoms with Crippen molar-refractivity contribution in [2.45, 2.75) is 36.5 Å². The van der Waals surface area contributed by atoms with Crippen molar-refractivity contribution in [3.05, 3.63) is 48.3 Å². The second-order valence-corrected chi connectivity index (χ2v) is 5.29. The minimum atomic E-state index is 0.482. The summed E-state index contributed by atoms with van der Waals surface area (Å²) in [5.74, 6) is 0. The molecule has 1 aromatic heterocycles. The zero-order chi connectivity index (χ0) is 12.8. The van der Waals surface area contributed by atoms with Crippen LogP contribution in [0.2, 0.25) is 0 Å². The van der Waals surface area contributed by atoms with E-state index in [1.807, 2.05) is 12.1 Å². The maximum atomic E-state index is 4.24. The van der Waals surface area contributed by atoms with Gasteiger partial charge in [0.25, 0.3) is 0 Å². The van der Waals surface area contributed by atoms with Crippen molar-refractivity contribution in [2.75, 3.05) is 0 Å². The summed E-state index contributed by atoms with van der Waals surface area (Å²) in [6.07, 6.45) is 3.54. The molecule has 4 heteroatoms. The molecule has 94 valence electrons. The predicted octanol–water partition coefficient (Wildman–Crippen LogP) is 3.13. The summed E-state index contributed by atoms with van der Waals surface area (Å²) in [6, 6.07) is 10.7. The second-order valence-electron chi connectivity index (χ2n) is 4.28. The van der Waals surface area contributed by atoms with Gasteiger partial charge in [-0.1, -0.05) is 32.0 Å². The van der Waals surface area contributed by atoms with Crippen molar-refractivity contribution < 1.29 is 0 Å². The molecule has 0 amide bonds. The Kier molecular flexibility index (Phi) is 4.73. The summed E-state index contributed by atoms with van der Waals surface area (Å²) < 4.78 is 0. The van der Waals surface area contributed by atoms with Gasteiger partial charge in [-0.15, -0.1) is 0 Å². The van der Waals surface area contributed by atoms with E-state index in [0.717, 1.165) is 11.7 Å². The molecule has 0 aliphatic rings. The molecule has 3 nitrogen and oxygen atoms in total. The van der Waals surface area contributed by atoms with Gasteiger partial charge in [0.1, 0.15) is 0 Å². The van der Waals surface area contributed by atoms with Gasteiger partial charge in [-0.25, -0.2) is 9.97 Å². The third-order valence-electron chi connectivity index (χ3n) is 2.42. The maximum Gasteiger partial charge on any atom is 0.192 e. The van der Waals surface area contributed by atoms with Gasteiger partial charge in [0.15, 0.2) is 5.16 Å². The molecule has 2 rings (SSSR count). The Morgan fingerprint density at radius 2 is 1.83 bits per heavy atom. The summed E-state index contributed by atoms with van der Waals surface area (Å²) in [7, 11) is 0. The van der Waals surface area contributed by atoms with Crippen molar-refractivity contribution in [3.63, 3.8) is 0 Å². The minimum absolute atomic E-state index is 0.482. The van der Waals surface area contributed by atoms with E-state index in [4.69, 9.17) is 0 Å². The van der Waals surface area contributed by atoms with E-state index in [2.05, 4.69) is 47.3 Å². The molecular formula is C14H17N3S. The van der Waals surface area contributed by atoms with Gasteiger partial charge in [-0.05, 0) is 29.5 Å². The van der Waals surface area contributed by atoms with Crippen LogP contribution >= 0.6 is 11.8 Å². The molecule has 1 aromatic carbocycles. The van der Waals surface area contributed by atoms with Crippen LogP contribution in [0, 0.1) is 0 Å². The maximum absolute atomic E-state index is 4.24. The Morgan fingerprint density at radius 1 is 1.11 bits per heavy atom. The van der Waals surface area contributed by atoms with Crippen LogP contribution in [-0.2, 0) is 6.54 Å². The Hall–Kier alpha value is -1.39. The average Bonchev–Trinajstić information content (AvgIpc) is 2.39. The largest absolute Gasteiger partial charge is 0.310 e. The molecule has 0 fully saturated rings. The molecule has 0 unspecified atom stereocenters. The van der Waals surface area contributed by atoms with E-state index in [9.17, 15) is 0 Å². The summed E-state index contributed by atoms with van der Waals surface area (Å²) in [5, 5.41) is 4.22. The monoisotopic (exact) mass is 259 g/mol. The molecule has 0 radical (unpaired) electrons. The molecule has 0 spiro atoms. The molecule has 0 bridgehead atoms. The van der Waals surface area contributed by atoms with Gasteiger partial charge in [0.2, 0.25) is 0 Å². The fourth-order valence-electron chi connectivity index (χ4n) is 1.50. The number of nitrogens with zero attached hydrogens (tertiary/aromatic N) is 2. The first-order valence-electron chi connectivity index (χ1n) is 6.02. The highest BCUT2D eigenvalue weighted by Gasteiger charge is 2.05. The topological polar surface area (TPSA) is 37.8 Å². The number of hydrogen-bond acceptors (Lipinski definition) is 4. The van der Waals surface area contributed by atoms with Crippen molar-refractivity contribution in [1.29, 1.82) is 0 Å². The van der Waals surface area contributed by atoms with E-state index in [0.29, 0.717) is 6.04 Å². The second kappa shape index (κ2) is 6.52. The van der Waals surface area contributed by atoms with Crippen LogP contribution in [0.5, 0.6) is 0 Å². The summed E-state index contributed by atoms with van der Waals surface area (Å²) in [5.41, 5.74) is 1.28. The standard InChI is InChI=1S/C14H17N3S/c1-11(2)17-10-12-6-3-4-7-13(12)18-14-15-8-5-9-16-14/h3-9,11,17H,10H2,1-2H3. The molecular weight excluding hydrogens is 242 g/mol. The molecule has 0 aliphatic carbocycles. The SMILES string of the molecule is CC(C)NCc1ccccc1Sc1ncccn1. The van der Waals surface area contributed by atoms with Gasteiger partial charge >= 0.3 is 0 Å². The molecule has 0 saturated heterocycles. The van der Waals surface area contributed by atoms with Crippen LogP contribution in [0.1, 0.15) is 19.4 Å². The zero-order valence-corrected chi connectivity index (χ0v) is 11.4. The first-order chi connectivity index (χ1) is 8.75. The first-order valence-corrected chi connectivity index (χ1v) is 6.83. The molecule has 1 N–H and O–H groups in total. The Morgan fingerprint density at radius 3 is 2.56 bits per heavy atom. The molecule has 1 heterocycles. The lowest BCUT2D eigenvalue weighted by molar-refractivity contribution is 0.584. The number of nitrogens with one attached hydrogen (secondary N) is 1. The zero-order valence-electron chi connectivity index (χ0n) is 10.6. The van der Waals surface area contributed by atoms with Crippen molar-refractivity contribution in [1.82, 2.24) is 15.3 Å². The van der Waals surface area contributed by atoms with E-state index in [1.165, 1.54) is 10.5 Å². The number of rotatable bonds is 5. The fraction of sp³-hybridized carbons (Fsp3) is 0.286. The number of hydrogen-bond donors (Lipinski definition) is 1. The van der Waals surface area contributed by atoms with E-state index < -0.39 is 0 Å². The lowest BCUT2D eigenvalue weighted by atomic mass is 10.2. The summed E-state index contributed by atoms with van der Waals surface area (Å²) >= 11 is 1.60. The number of aromatic nitrogens is 2. The lowest BCUT2D eigenvalue weighted by Crippen LogP contribution is -2.22. The van der Waals surface area contributed by atoms with Gasteiger partial charge in [-0.2, -0.15) is 0 Å². The van der Waals surface area contributed by atoms with E-state index in [1.54, 1.807) is 24.2 Å². The van der Waals surface area contributed by atoms with Crippen LogP contribution in [-0.4, -0.2) is 16.0 Å². The molecule has 0 atom stereocenters. The van der Waals surface area contributed by atoms with Crippen LogP contribution in [0.3, 0.4) is 0 Å². The van der Waals surface area contributed by atoms with E-state index in [-0.39, 0.29) is 0 Å². The highest BCUT2D eigenvalue weighted by Crippen LogP contribution is 2.27. The van der Waals surface area contributed by atoms with Crippen molar-refractivity contribution in [3.8, 4) is 0 Å². The van der Waals surface area contributed by atoms with Crippen molar-refractivity contribution in [2.24, 2.45) is 0 Å². The Balaban J connectivity index is 2.12. The third kappa shape index (κ3) is 3.82. The fourth-order valence-corrected chi connectivity index (χ4v) is 2.34. The first kappa shape index (κ1) is 13.1. The molecule has 0 saturated carbocycles. The Bertz CT molecular complexity index is 485. The van der Waals surface area contributed by atoms with E-state index >= 15 is 0 Å². The lowest BCUT2D eigenvalue weighted by Gasteiger charge is -2.11. The van der Waals surface area contributed by atoms with Crippen LogP contribution in [0.4, 0.5) is 0 Å². The minimum Gasteiger partial charge on any atom is -0.310 e. The average molecular weight is 259 g/mol. The molecule has 18 heavy (non-hydrogen) atoms. The van der Waals surface area contributed by atoms with Gasteiger partial charge in [0, 0.05) is 29.9 Å². The summed E-state index contributed by atoms with van der Waals surface area (Å²) in [4.78, 5) is 9.69. The Labute approximate surface area is 112 Å². The molecule has 2 aromatic rings. The quantitative estimate of drug-likeness (QED) is 0.837. The highest BCUT2D eigenvalue weighted by atomic mass is 32.2. The number of benzene rings is 1. The third-order valence-corrected chi connectivity index (χ3v) is 3.43. The van der Waals surface area contributed by atoms with Crippen LogP contribution in [0.15, 0.2) is 52.8 Å². The van der Waals surface area contributed by atoms with Gasteiger partial charge in [-0.3, -0.25) is 0 Å². The smallest absolute Gasteiger partial charge is 0.192 e.